The van der Waals surface area contributed by atoms with Gasteiger partial charge in [0.2, 0.25) is 0 Å². The predicted octanol–water partition coefficient (Wildman–Crippen LogP) is 3.40. The van der Waals surface area contributed by atoms with Crippen molar-refractivity contribution in [1.29, 1.82) is 0 Å². The predicted molar refractivity (Wildman–Crippen MR) is 87.0 cm³/mol. The molecule has 0 heterocycles. The van der Waals surface area contributed by atoms with Gasteiger partial charge >= 0.3 is 0 Å². The van der Waals surface area contributed by atoms with E-state index in [1.54, 1.807) is 5.19 Å². The van der Waals surface area contributed by atoms with Crippen molar-refractivity contribution in [2.24, 2.45) is 0 Å². The van der Waals surface area contributed by atoms with Crippen LogP contribution in [0.5, 0.6) is 0 Å². The van der Waals surface area contributed by atoms with Crippen LogP contribution in [0.4, 0.5) is 0 Å². The molecule has 0 N–H and O–H groups in total. The van der Waals surface area contributed by atoms with Crippen LogP contribution in [-0.4, -0.2) is 9.52 Å². The van der Waals surface area contributed by atoms with Crippen LogP contribution >= 0.6 is 0 Å². The van der Waals surface area contributed by atoms with E-state index in [2.05, 4.69) is 79.7 Å². The zero-order valence-corrected chi connectivity index (χ0v) is 12.6. The number of fused-ring (bicyclic) bond motifs is 1. The van der Waals surface area contributed by atoms with E-state index >= 15 is 0 Å². The van der Waals surface area contributed by atoms with Crippen molar-refractivity contribution in [1.82, 2.24) is 0 Å². The summed E-state index contributed by atoms with van der Waals surface area (Å²) in [5, 5.41) is 4.23. The van der Waals surface area contributed by atoms with Gasteiger partial charge in [0.25, 0.3) is 0 Å². The first-order valence-electron chi connectivity index (χ1n) is 6.85. The van der Waals surface area contributed by atoms with Gasteiger partial charge in [-0.1, -0.05) is 84.9 Å². The molecular formula is C18H18Si. The van der Waals surface area contributed by atoms with Crippen molar-refractivity contribution in [2.45, 2.75) is 12.5 Å². The average molecular weight is 262 g/mol. The van der Waals surface area contributed by atoms with Crippen molar-refractivity contribution < 1.29 is 0 Å². The van der Waals surface area contributed by atoms with Gasteiger partial charge in [-0.15, -0.1) is 0 Å². The summed E-state index contributed by atoms with van der Waals surface area (Å²) in [7, 11) is -0.252. The van der Waals surface area contributed by atoms with E-state index in [1.807, 2.05) is 0 Å². The van der Waals surface area contributed by atoms with Gasteiger partial charge in [0, 0.05) is 0 Å². The highest BCUT2D eigenvalue weighted by atomic mass is 28.2. The maximum absolute atomic E-state index is 2.36. The van der Waals surface area contributed by atoms with Crippen molar-refractivity contribution in [2.75, 3.05) is 0 Å². The summed E-state index contributed by atoms with van der Waals surface area (Å²) in [6.07, 6.45) is 0. The van der Waals surface area contributed by atoms with E-state index in [0.717, 1.165) is 0 Å². The van der Waals surface area contributed by atoms with Gasteiger partial charge in [0.05, 0.1) is 9.52 Å². The number of hydrogen-bond acceptors (Lipinski definition) is 0. The van der Waals surface area contributed by atoms with Gasteiger partial charge in [0.1, 0.15) is 0 Å². The van der Waals surface area contributed by atoms with Crippen LogP contribution in [0.15, 0.2) is 72.8 Å². The van der Waals surface area contributed by atoms with Gasteiger partial charge in [-0.3, -0.25) is 0 Å². The fourth-order valence-electron chi connectivity index (χ4n) is 2.60. The Kier molecular flexibility index (Phi) is 3.47. The lowest BCUT2D eigenvalue weighted by atomic mass is 10.1. The topological polar surface area (TPSA) is 0 Å². The fraction of sp³-hybridized carbons (Fsp3) is 0.111. The first-order valence-corrected chi connectivity index (χ1v) is 8.38. The molecule has 0 aliphatic carbocycles. The quantitative estimate of drug-likeness (QED) is 0.635. The van der Waals surface area contributed by atoms with Gasteiger partial charge in [-0.25, -0.2) is 0 Å². The third-order valence-electron chi connectivity index (χ3n) is 3.73. The van der Waals surface area contributed by atoms with Crippen molar-refractivity contribution in [3.63, 3.8) is 0 Å². The molecule has 0 aliphatic rings. The summed E-state index contributed by atoms with van der Waals surface area (Å²) in [5.74, 6) is 0. The average Bonchev–Trinajstić information content (AvgIpc) is 2.48. The van der Waals surface area contributed by atoms with E-state index in [0.29, 0.717) is 5.54 Å². The Morgan fingerprint density at radius 2 is 1.42 bits per heavy atom. The highest BCUT2D eigenvalue weighted by Crippen LogP contribution is 2.20. The minimum absolute atomic E-state index is 0.252. The molecule has 0 aromatic heterocycles. The summed E-state index contributed by atoms with van der Waals surface area (Å²) in [6.45, 7) is 2.36. The lowest BCUT2D eigenvalue weighted by molar-refractivity contribution is 1.08. The highest BCUT2D eigenvalue weighted by molar-refractivity contribution is 6.54. The van der Waals surface area contributed by atoms with Crippen molar-refractivity contribution >= 4 is 25.5 Å². The number of hydrogen-bond donors (Lipinski definition) is 0. The molecule has 3 aromatic carbocycles. The molecule has 0 bridgehead atoms. The molecule has 0 nitrogen and oxygen atoms in total. The molecule has 1 heteroatoms. The lowest BCUT2D eigenvalue weighted by Gasteiger charge is -2.12. The first kappa shape index (κ1) is 12.2. The first-order chi connectivity index (χ1) is 9.33. The van der Waals surface area contributed by atoms with Gasteiger partial charge in [-0.2, -0.15) is 0 Å². The smallest absolute Gasteiger partial charge is 0.0620 e. The molecule has 3 rings (SSSR count). The second kappa shape index (κ2) is 5.41. The third-order valence-corrected chi connectivity index (χ3v) is 5.75. The van der Waals surface area contributed by atoms with Crippen molar-refractivity contribution in [3.05, 3.63) is 78.4 Å². The van der Waals surface area contributed by atoms with E-state index in [4.69, 9.17) is 0 Å². The fourth-order valence-corrected chi connectivity index (χ4v) is 4.34. The molecule has 0 radical (unpaired) electrons. The minimum Gasteiger partial charge on any atom is -0.0663 e. The van der Waals surface area contributed by atoms with Crippen LogP contribution < -0.4 is 5.19 Å². The Bertz CT molecular complexity index is 673. The zero-order chi connectivity index (χ0) is 13.1. The number of rotatable bonds is 3. The Labute approximate surface area is 116 Å². The Morgan fingerprint density at radius 3 is 2.21 bits per heavy atom. The molecule has 0 saturated heterocycles. The molecule has 1 unspecified atom stereocenters. The zero-order valence-electron chi connectivity index (χ0n) is 11.2. The summed E-state index contributed by atoms with van der Waals surface area (Å²) in [5.41, 5.74) is 2.17. The van der Waals surface area contributed by atoms with E-state index < -0.39 is 0 Å². The Hall–Kier alpha value is -1.86. The highest BCUT2D eigenvalue weighted by Gasteiger charge is 2.07. The Balaban J connectivity index is 1.87. The van der Waals surface area contributed by atoms with Crippen LogP contribution in [0.2, 0.25) is 0 Å². The molecule has 94 valence electrons. The summed E-state index contributed by atoms with van der Waals surface area (Å²) in [4.78, 5) is 0. The molecular weight excluding hydrogens is 244 g/mol. The lowest BCUT2D eigenvalue weighted by Crippen LogP contribution is -2.19. The van der Waals surface area contributed by atoms with Crippen LogP contribution in [-0.2, 0) is 0 Å². The maximum Gasteiger partial charge on any atom is 0.0620 e. The monoisotopic (exact) mass is 262 g/mol. The van der Waals surface area contributed by atoms with E-state index in [9.17, 15) is 0 Å². The molecule has 0 saturated carbocycles. The molecule has 0 amide bonds. The van der Waals surface area contributed by atoms with Crippen LogP contribution in [0.1, 0.15) is 18.0 Å². The molecule has 1 atom stereocenters. The molecule has 0 fully saturated rings. The number of benzene rings is 3. The third kappa shape index (κ3) is 2.77. The minimum atomic E-state index is -0.252. The molecule has 19 heavy (non-hydrogen) atoms. The van der Waals surface area contributed by atoms with E-state index in [1.165, 1.54) is 16.3 Å². The van der Waals surface area contributed by atoms with Crippen LogP contribution in [0, 0.1) is 0 Å². The van der Waals surface area contributed by atoms with Crippen LogP contribution in [0.3, 0.4) is 0 Å². The van der Waals surface area contributed by atoms with E-state index in [-0.39, 0.29) is 9.52 Å². The summed E-state index contributed by atoms with van der Waals surface area (Å²) >= 11 is 0. The second-order valence-electron chi connectivity index (χ2n) is 5.20. The van der Waals surface area contributed by atoms with Gasteiger partial charge in [0.15, 0.2) is 0 Å². The van der Waals surface area contributed by atoms with Crippen molar-refractivity contribution in [3.8, 4) is 0 Å². The summed E-state index contributed by atoms with van der Waals surface area (Å²) < 4.78 is 0. The Morgan fingerprint density at radius 1 is 0.737 bits per heavy atom. The maximum atomic E-state index is 2.36. The standard InChI is InChI=1S/C18H18Si/c1-14(19-18-9-3-2-4-10-18)16-12-11-15-7-5-6-8-17(15)13-16/h2-14H,19H2,1H3. The molecule has 0 aliphatic heterocycles. The largest absolute Gasteiger partial charge is 0.0663 e. The van der Waals surface area contributed by atoms with Crippen LogP contribution in [0.25, 0.3) is 10.8 Å². The molecule has 3 aromatic rings. The van der Waals surface area contributed by atoms with Gasteiger partial charge in [-0.05, 0) is 21.9 Å². The summed E-state index contributed by atoms with van der Waals surface area (Å²) in [6, 6.07) is 26.4. The molecule has 0 spiro atoms. The SMILES string of the molecule is CC([SiH2]c1ccccc1)c1ccc2ccccc2c1. The second-order valence-corrected chi connectivity index (χ2v) is 7.65. The van der Waals surface area contributed by atoms with Gasteiger partial charge < -0.3 is 0 Å². The normalized spacial score (nSPS) is 13.1.